The summed E-state index contributed by atoms with van der Waals surface area (Å²) in [4.78, 5) is 16.3. The van der Waals surface area contributed by atoms with Gasteiger partial charge in [0.25, 0.3) is 0 Å². The van der Waals surface area contributed by atoms with Crippen LogP contribution in [0.1, 0.15) is 30.6 Å². The highest BCUT2D eigenvalue weighted by Crippen LogP contribution is 2.21. The number of nitrogens with zero attached hydrogens (tertiary/aromatic N) is 2. The Balaban J connectivity index is 1.86. The predicted octanol–water partition coefficient (Wildman–Crippen LogP) is 3.19. The first-order valence-corrected chi connectivity index (χ1v) is 7.12. The Labute approximate surface area is 116 Å². The second-order valence-corrected chi connectivity index (χ2v) is 5.46. The summed E-state index contributed by atoms with van der Waals surface area (Å²) in [6.07, 6.45) is 0.976. The summed E-state index contributed by atoms with van der Waals surface area (Å²) in [7, 11) is 0. The van der Waals surface area contributed by atoms with Gasteiger partial charge in [-0.2, -0.15) is 4.98 Å². The molecule has 0 saturated heterocycles. The molecule has 2 rings (SSSR count). The zero-order valence-electron chi connectivity index (χ0n) is 11.0. The largest absolute Gasteiger partial charge is 0.339 e. The van der Waals surface area contributed by atoms with Crippen molar-refractivity contribution in [3.63, 3.8) is 0 Å². The maximum absolute atomic E-state index is 10.9. The van der Waals surface area contributed by atoms with Gasteiger partial charge in [-0.05, 0) is 26.0 Å². The van der Waals surface area contributed by atoms with Crippen LogP contribution in [-0.4, -0.2) is 15.9 Å². The Morgan fingerprint density at radius 2 is 2.05 bits per heavy atom. The predicted molar refractivity (Wildman–Crippen MR) is 74.0 cm³/mol. The van der Waals surface area contributed by atoms with Gasteiger partial charge in [-0.15, -0.1) is 11.8 Å². The average molecular weight is 276 g/mol. The lowest BCUT2D eigenvalue weighted by molar-refractivity contribution is -0.117. The lowest BCUT2D eigenvalue weighted by atomic mass is 10.2. The molecule has 0 radical (unpaired) electrons. The molecule has 0 N–H and O–H groups in total. The number of hydrogen-bond acceptors (Lipinski definition) is 5. The summed E-state index contributed by atoms with van der Waals surface area (Å²) in [5, 5.41) is 3.91. The van der Waals surface area contributed by atoms with E-state index in [4.69, 9.17) is 4.52 Å². The minimum absolute atomic E-state index is 0.133. The molecule has 5 heteroatoms. The van der Waals surface area contributed by atoms with E-state index in [2.05, 4.69) is 41.3 Å². The van der Waals surface area contributed by atoms with E-state index in [1.165, 1.54) is 10.5 Å². The first-order valence-electron chi connectivity index (χ1n) is 6.14. The maximum Gasteiger partial charge on any atom is 0.227 e. The molecule has 0 aliphatic rings. The van der Waals surface area contributed by atoms with Crippen LogP contribution < -0.4 is 0 Å². The van der Waals surface area contributed by atoms with Crippen LogP contribution in [0.15, 0.2) is 33.7 Å². The van der Waals surface area contributed by atoms with Gasteiger partial charge < -0.3 is 9.32 Å². The van der Waals surface area contributed by atoms with E-state index in [0.717, 1.165) is 0 Å². The average Bonchev–Trinajstić information content (AvgIpc) is 2.84. The third-order valence-corrected chi connectivity index (χ3v) is 3.60. The topological polar surface area (TPSA) is 56.0 Å². The number of carbonyl (C=O) groups excluding carboxylic acids is 1. The molecule has 2 aromatic rings. The number of carbonyl (C=O) groups is 1. The Morgan fingerprint density at radius 1 is 1.32 bits per heavy atom. The maximum atomic E-state index is 10.9. The van der Waals surface area contributed by atoms with Crippen molar-refractivity contribution in [1.82, 2.24) is 10.1 Å². The van der Waals surface area contributed by atoms with Crippen LogP contribution in [-0.2, 0) is 17.0 Å². The van der Waals surface area contributed by atoms with E-state index in [1.807, 2.05) is 0 Å². The fourth-order valence-electron chi connectivity index (χ4n) is 1.52. The van der Waals surface area contributed by atoms with E-state index in [1.54, 1.807) is 18.7 Å². The summed E-state index contributed by atoms with van der Waals surface area (Å²) in [6, 6.07) is 8.32. The Bertz CT molecular complexity index is 549. The van der Waals surface area contributed by atoms with Crippen LogP contribution >= 0.6 is 11.8 Å². The van der Waals surface area contributed by atoms with Gasteiger partial charge >= 0.3 is 0 Å². The van der Waals surface area contributed by atoms with Crippen LogP contribution in [0, 0.1) is 6.92 Å². The van der Waals surface area contributed by atoms with Crippen molar-refractivity contribution in [1.29, 1.82) is 0 Å². The fourth-order valence-corrected chi connectivity index (χ4v) is 2.26. The third-order valence-electron chi connectivity index (χ3n) is 2.59. The standard InChI is InChI=1S/C14H16N2O2S/c1-10-3-6-12(7-4-10)19-9-13-15-14(18-16-13)8-5-11(2)17/h3-4,6-7H,5,8-9H2,1-2H3. The van der Waals surface area contributed by atoms with Gasteiger partial charge in [0.05, 0.1) is 5.75 Å². The first kappa shape index (κ1) is 13.8. The number of hydrogen-bond donors (Lipinski definition) is 0. The van der Waals surface area contributed by atoms with Gasteiger partial charge in [0.15, 0.2) is 5.82 Å². The molecule has 0 amide bonds. The minimum atomic E-state index is 0.133. The summed E-state index contributed by atoms with van der Waals surface area (Å²) in [5.74, 6) is 2.01. The number of benzene rings is 1. The van der Waals surface area contributed by atoms with E-state index < -0.39 is 0 Å². The molecule has 100 valence electrons. The van der Waals surface area contributed by atoms with Crippen molar-refractivity contribution in [3.8, 4) is 0 Å². The molecule has 0 atom stereocenters. The van der Waals surface area contributed by atoms with Gasteiger partial charge in [0.1, 0.15) is 5.78 Å². The van der Waals surface area contributed by atoms with Crippen molar-refractivity contribution in [2.45, 2.75) is 37.3 Å². The summed E-state index contributed by atoms with van der Waals surface area (Å²) in [6.45, 7) is 3.62. The van der Waals surface area contributed by atoms with Crippen LogP contribution in [0.3, 0.4) is 0 Å². The highest BCUT2D eigenvalue weighted by molar-refractivity contribution is 7.98. The number of thioether (sulfide) groups is 1. The van der Waals surface area contributed by atoms with E-state index in [-0.39, 0.29) is 5.78 Å². The van der Waals surface area contributed by atoms with Crippen LogP contribution in [0.4, 0.5) is 0 Å². The number of aryl methyl sites for hydroxylation is 2. The van der Waals surface area contributed by atoms with Gasteiger partial charge in [0.2, 0.25) is 5.89 Å². The highest BCUT2D eigenvalue weighted by atomic mass is 32.2. The molecule has 0 aliphatic carbocycles. The minimum Gasteiger partial charge on any atom is -0.339 e. The van der Waals surface area contributed by atoms with Crippen molar-refractivity contribution in [3.05, 3.63) is 41.5 Å². The Kier molecular flexibility index (Phi) is 4.74. The van der Waals surface area contributed by atoms with Crippen molar-refractivity contribution >= 4 is 17.5 Å². The zero-order valence-corrected chi connectivity index (χ0v) is 11.9. The molecule has 1 heterocycles. The Hall–Kier alpha value is -1.62. The lowest BCUT2D eigenvalue weighted by Gasteiger charge is -1.98. The molecule has 0 aliphatic heterocycles. The van der Waals surface area contributed by atoms with Crippen LogP contribution in [0.5, 0.6) is 0 Å². The molecule has 0 fully saturated rings. The van der Waals surface area contributed by atoms with Gasteiger partial charge in [-0.25, -0.2) is 0 Å². The lowest BCUT2D eigenvalue weighted by Crippen LogP contribution is -1.94. The normalized spacial score (nSPS) is 10.6. The van der Waals surface area contributed by atoms with Crippen LogP contribution in [0.2, 0.25) is 0 Å². The number of Topliss-reactive ketones (excluding diaryl/α,β-unsaturated/α-hetero) is 1. The first-order chi connectivity index (χ1) is 9.13. The van der Waals surface area contributed by atoms with Gasteiger partial charge in [-0.3, -0.25) is 0 Å². The molecule has 0 unspecified atom stereocenters. The summed E-state index contributed by atoms with van der Waals surface area (Å²) in [5.41, 5.74) is 1.25. The zero-order chi connectivity index (χ0) is 13.7. The summed E-state index contributed by atoms with van der Waals surface area (Å²) >= 11 is 1.67. The van der Waals surface area contributed by atoms with E-state index >= 15 is 0 Å². The smallest absolute Gasteiger partial charge is 0.227 e. The Morgan fingerprint density at radius 3 is 2.74 bits per heavy atom. The van der Waals surface area contributed by atoms with Gasteiger partial charge in [-0.1, -0.05) is 22.9 Å². The fraction of sp³-hybridized carbons (Fsp3) is 0.357. The molecule has 0 spiro atoms. The molecule has 19 heavy (non-hydrogen) atoms. The third kappa shape index (κ3) is 4.52. The van der Waals surface area contributed by atoms with Crippen LogP contribution in [0.25, 0.3) is 0 Å². The molecular weight excluding hydrogens is 260 g/mol. The molecule has 0 saturated carbocycles. The molecule has 0 bridgehead atoms. The van der Waals surface area contributed by atoms with Crippen molar-refractivity contribution < 1.29 is 9.32 Å². The van der Waals surface area contributed by atoms with Crippen molar-refractivity contribution in [2.75, 3.05) is 0 Å². The molecular formula is C14H16N2O2S. The second-order valence-electron chi connectivity index (χ2n) is 4.41. The van der Waals surface area contributed by atoms with Gasteiger partial charge in [0, 0.05) is 17.7 Å². The summed E-state index contributed by atoms with van der Waals surface area (Å²) < 4.78 is 5.10. The molecule has 1 aromatic heterocycles. The molecule has 1 aromatic carbocycles. The number of rotatable bonds is 6. The quantitative estimate of drug-likeness (QED) is 0.758. The highest BCUT2D eigenvalue weighted by Gasteiger charge is 2.07. The monoisotopic (exact) mass is 276 g/mol. The van der Waals surface area contributed by atoms with E-state index in [9.17, 15) is 4.79 Å². The second kappa shape index (κ2) is 6.52. The number of aromatic nitrogens is 2. The van der Waals surface area contributed by atoms with Crippen molar-refractivity contribution in [2.24, 2.45) is 0 Å². The number of ketones is 1. The molecule has 4 nitrogen and oxygen atoms in total. The van der Waals surface area contributed by atoms with E-state index in [0.29, 0.717) is 30.3 Å². The SMILES string of the molecule is CC(=O)CCc1nc(CSc2ccc(C)cc2)no1.